The molecule has 0 aliphatic carbocycles. The number of hydrogen-bond acceptors (Lipinski definition) is 6. The largest absolute Gasteiger partial charge is 0.365 e. The summed E-state index contributed by atoms with van der Waals surface area (Å²) in [5.41, 5.74) is 1.08. The number of anilines is 1. The Hall–Kier alpha value is -2.94. The van der Waals surface area contributed by atoms with E-state index < -0.39 is 20.4 Å². The molecular formula is C17H19N3O5S. The summed E-state index contributed by atoms with van der Waals surface area (Å²) in [5.74, 6) is -0.207. The number of para-hydroxylation sites is 1. The van der Waals surface area contributed by atoms with E-state index in [2.05, 4.69) is 5.32 Å². The molecule has 1 N–H and O–H groups in total. The van der Waals surface area contributed by atoms with Gasteiger partial charge in [0.05, 0.1) is 4.92 Å². The molecule has 0 saturated heterocycles. The summed E-state index contributed by atoms with van der Waals surface area (Å²) in [7, 11) is -0.559. The molecule has 0 aliphatic heterocycles. The average molecular weight is 377 g/mol. The number of nitro benzene ring substituents is 1. The summed E-state index contributed by atoms with van der Waals surface area (Å²) in [6.45, 7) is 0.308. The van der Waals surface area contributed by atoms with Gasteiger partial charge in [-0.2, -0.15) is 0 Å². The lowest BCUT2D eigenvalue weighted by molar-refractivity contribution is -0.387. The molecule has 2 rings (SSSR count). The first-order valence-corrected chi connectivity index (χ1v) is 9.54. The molecule has 0 heterocycles. The van der Waals surface area contributed by atoms with Crippen LogP contribution >= 0.6 is 0 Å². The highest BCUT2D eigenvalue weighted by molar-refractivity contribution is 7.90. The first-order chi connectivity index (χ1) is 12.1. The lowest BCUT2D eigenvalue weighted by Gasteiger charge is -2.20. The number of nitrogens with zero attached hydrogens (tertiary/aromatic N) is 2. The minimum Gasteiger partial charge on any atom is -0.365 e. The molecule has 0 saturated carbocycles. The van der Waals surface area contributed by atoms with E-state index in [1.54, 1.807) is 36.2 Å². The molecule has 0 radical (unpaired) electrons. The number of benzene rings is 2. The fraction of sp³-hybridized carbons (Fsp3) is 0.235. The van der Waals surface area contributed by atoms with Crippen molar-refractivity contribution >= 4 is 27.1 Å². The Morgan fingerprint density at radius 3 is 2.31 bits per heavy atom. The van der Waals surface area contributed by atoms with Gasteiger partial charge in [-0.3, -0.25) is 14.9 Å². The molecule has 0 unspecified atom stereocenters. The van der Waals surface area contributed by atoms with Crippen LogP contribution in [0.1, 0.15) is 15.9 Å². The Kier molecular flexibility index (Phi) is 5.61. The van der Waals surface area contributed by atoms with Crippen LogP contribution in [0.4, 0.5) is 11.4 Å². The van der Waals surface area contributed by atoms with Crippen LogP contribution in [-0.4, -0.2) is 39.6 Å². The van der Waals surface area contributed by atoms with Crippen molar-refractivity contribution in [2.45, 2.75) is 11.4 Å². The second-order valence-corrected chi connectivity index (χ2v) is 7.77. The van der Waals surface area contributed by atoms with Crippen LogP contribution in [0.5, 0.6) is 0 Å². The van der Waals surface area contributed by atoms with Gasteiger partial charge in [-0.05, 0) is 29.8 Å². The summed E-state index contributed by atoms with van der Waals surface area (Å²) < 4.78 is 23.7. The zero-order valence-corrected chi connectivity index (χ0v) is 15.4. The van der Waals surface area contributed by atoms with Crippen LogP contribution in [0.2, 0.25) is 0 Å². The van der Waals surface area contributed by atoms with Crippen molar-refractivity contribution < 1.29 is 18.1 Å². The Bertz CT molecular complexity index is 939. The van der Waals surface area contributed by atoms with Gasteiger partial charge in [-0.15, -0.1) is 0 Å². The fourth-order valence-corrected chi connectivity index (χ4v) is 3.42. The van der Waals surface area contributed by atoms with E-state index in [1.807, 2.05) is 0 Å². The zero-order chi connectivity index (χ0) is 19.5. The van der Waals surface area contributed by atoms with Crippen LogP contribution in [0.3, 0.4) is 0 Å². The van der Waals surface area contributed by atoms with Gasteiger partial charge in [0.25, 0.3) is 5.91 Å². The van der Waals surface area contributed by atoms with E-state index >= 15 is 0 Å². The van der Waals surface area contributed by atoms with Gasteiger partial charge in [0.1, 0.15) is 10.6 Å². The highest BCUT2D eigenvalue weighted by Gasteiger charge is 2.27. The summed E-state index contributed by atoms with van der Waals surface area (Å²) in [4.78, 5) is 23.6. The molecule has 8 nitrogen and oxygen atoms in total. The summed E-state index contributed by atoms with van der Waals surface area (Å²) in [6.07, 6.45) is 0.941. The number of nitrogens with one attached hydrogen (secondary N) is 1. The fourth-order valence-electron chi connectivity index (χ4n) is 2.57. The number of carbonyl (C=O) groups is 1. The van der Waals surface area contributed by atoms with Crippen LogP contribution in [-0.2, 0) is 16.4 Å². The number of nitro groups is 1. The zero-order valence-electron chi connectivity index (χ0n) is 14.6. The Balaban J connectivity index is 2.37. The third-order valence-corrected chi connectivity index (χ3v) is 4.96. The van der Waals surface area contributed by atoms with E-state index in [-0.39, 0.29) is 16.5 Å². The smallest absolute Gasteiger partial charge is 0.311 e. The Morgan fingerprint density at radius 1 is 1.19 bits per heavy atom. The van der Waals surface area contributed by atoms with Crippen molar-refractivity contribution in [1.82, 2.24) is 5.32 Å². The second kappa shape index (κ2) is 7.52. The molecule has 138 valence electrons. The average Bonchev–Trinajstić information content (AvgIpc) is 2.60. The SMILES string of the molecule is CNC(=O)c1ccc(CN(C)c2cccc(S(C)(=O)=O)c2[N+](=O)[O-])cc1. The molecule has 26 heavy (non-hydrogen) atoms. The number of carbonyl (C=O) groups excluding carboxylic acids is 1. The van der Waals surface area contributed by atoms with E-state index in [9.17, 15) is 23.3 Å². The normalized spacial score (nSPS) is 11.0. The molecule has 0 atom stereocenters. The molecule has 0 fully saturated rings. The first kappa shape index (κ1) is 19.4. The molecule has 0 bridgehead atoms. The lowest BCUT2D eigenvalue weighted by Crippen LogP contribution is -2.20. The van der Waals surface area contributed by atoms with Crippen LogP contribution < -0.4 is 10.2 Å². The number of sulfone groups is 1. The van der Waals surface area contributed by atoms with Gasteiger partial charge in [-0.1, -0.05) is 18.2 Å². The van der Waals surface area contributed by atoms with Gasteiger partial charge >= 0.3 is 5.69 Å². The standard InChI is InChI=1S/C17H19N3O5S/c1-18-17(21)13-9-7-12(8-10-13)11-19(2)14-5-4-6-15(26(3,24)25)16(14)20(22)23/h4-10H,11H2,1-3H3,(H,18,21). The van der Waals surface area contributed by atoms with E-state index in [0.29, 0.717) is 12.1 Å². The quantitative estimate of drug-likeness (QED) is 0.609. The molecule has 9 heteroatoms. The number of rotatable bonds is 6. The molecular weight excluding hydrogens is 358 g/mol. The Morgan fingerprint density at radius 2 is 1.81 bits per heavy atom. The molecule has 0 aliphatic rings. The van der Waals surface area contributed by atoms with Crippen molar-refractivity contribution in [3.63, 3.8) is 0 Å². The van der Waals surface area contributed by atoms with Crippen LogP contribution in [0, 0.1) is 10.1 Å². The summed E-state index contributed by atoms with van der Waals surface area (Å²) in [5, 5.41) is 14.0. The topological polar surface area (TPSA) is 110 Å². The van der Waals surface area contributed by atoms with Crippen molar-refractivity contribution in [3.8, 4) is 0 Å². The van der Waals surface area contributed by atoms with Crippen molar-refractivity contribution in [2.24, 2.45) is 0 Å². The predicted molar refractivity (Wildman–Crippen MR) is 98.1 cm³/mol. The Labute approximate surface area is 151 Å². The number of hydrogen-bond donors (Lipinski definition) is 1. The molecule has 0 spiro atoms. The van der Waals surface area contributed by atoms with Crippen LogP contribution in [0.25, 0.3) is 0 Å². The second-order valence-electron chi connectivity index (χ2n) is 5.79. The third kappa shape index (κ3) is 4.17. The maximum Gasteiger partial charge on any atom is 0.311 e. The summed E-state index contributed by atoms with van der Waals surface area (Å²) >= 11 is 0. The van der Waals surface area contributed by atoms with Gasteiger partial charge in [-0.25, -0.2) is 8.42 Å². The highest BCUT2D eigenvalue weighted by atomic mass is 32.2. The van der Waals surface area contributed by atoms with E-state index in [1.165, 1.54) is 25.2 Å². The molecule has 2 aromatic rings. The molecule has 1 amide bonds. The monoisotopic (exact) mass is 377 g/mol. The van der Waals surface area contributed by atoms with Gasteiger partial charge in [0, 0.05) is 32.5 Å². The van der Waals surface area contributed by atoms with Gasteiger partial charge in [0.2, 0.25) is 0 Å². The van der Waals surface area contributed by atoms with E-state index in [4.69, 9.17) is 0 Å². The van der Waals surface area contributed by atoms with Gasteiger partial charge < -0.3 is 10.2 Å². The lowest BCUT2D eigenvalue weighted by atomic mass is 10.1. The van der Waals surface area contributed by atoms with E-state index in [0.717, 1.165) is 11.8 Å². The minimum atomic E-state index is -3.74. The molecule has 0 aromatic heterocycles. The van der Waals surface area contributed by atoms with Crippen LogP contribution in [0.15, 0.2) is 47.4 Å². The highest BCUT2D eigenvalue weighted by Crippen LogP contribution is 2.34. The van der Waals surface area contributed by atoms with Gasteiger partial charge in [0.15, 0.2) is 9.84 Å². The van der Waals surface area contributed by atoms with Crippen molar-refractivity contribution in [1.29, 1.82) is 0 Å². The number of amides is 1. The minimum absolute atomic E-state index is 0.202. The predicted octanol–water partition coefficient (Wildman–Crippen LogP) is 1.99. The third-order valence-electron chi connectivity index (χ3n) is 3.83. The first-order valence-electron chi connectivity index (χ1n) is 7.64. The maximum atomic E-state index is 11.9. The summed E-state index contributed by atoms with van der Waals surface area (Å²) in [6, 6.07) is 11.0. The van der Waals surface area contributed by atoms with Crippen molar-refractivity contribution in [2.75, 3.05) is 25.3 Å². The molecule has 2 aromatic carbocycles. The maximum absolute atomic E-state index is 11.9. The van der Waals surface area contributed by atoms with Crippen molar-refractivity contribution in [3.05, 3.63) is 63.7 Å².